The molecule has 1 atom stereocenters. The average molecular weight is 256 g/mol. The molecule has 0 saturated heterocycles. The van der Waals surface area contributed by atoms with E-state index in [-0.39, 0.29) is 6.04 Å². The van der Waals surface area contributed by atoms with Crippen LogP contribution in [0.25, 0.3) is 0 Å². The number of nitrogens with two attached hydrogens (primary N) is 1. The van der Waals surface area contributed by atoms with Crippen molar-refractivity contribution in [3.05, 3.63) is 53.3 Å². The molecule has 0 aliphatic carbocycles. The normalized spacial score (nSPS) is 14.6. The van der Waals surface area contributed by atoms with Gasteiger partial charge in [-0.2, -0.15) is 0 Å². The predicted octanol–water partition coefficient (Wildman–Crippen LogP) is 2.07. The van der Waals surface area contributed by atoms with E-state index >= 15 is 0 Å². The number of nitrogens with zero attached hydrogens (tertiary/aromatic N) is 1. The van der Waals surface area contributed by atoms with Gasteiger partial charge in [0.15, 0.2) is 0 Å². The van der Waals surface area contributed by atoms with Gasteiger partial charge in [-0.25, -0.2) is 0 Å². The molecule has 98 valence electrons. The SMILES string of the molecule is COc1cncc(C(N)c2ccc3c(c2)CCO3)c1. The quantitative estimate of drug-likeness (QED) is 0.913. The molecule has 1 aliphatic heterocycles. The van der Waals surface area contributed by atoms with Crippen molar-refractivity contribution in [1.29, 1.82) is 0 Å². The Bertz CT molecular complexity index is 598. The fourth-order valence-electron chi connectivity index (χ4n) is 2.31. The third-order valence-electron chi connectivity index (χ3n) is 3.40. The van der Waals surface area contributed by atoms with Gasteiger partial charge in [-0.15, -0.1) is 0 Å². The lowest BCUT2D eigenvalue weighted by atomic mass is 9.98. The monoisotopic (exact) mass is 256 g/mol. The average Bonchev–Trinajstić information content (AvgIpc) is 2.94. The molecule has 2 heterocycles. The zero-order chi connectivity index (χ0) is 13.2. The highest BCUT2D eigenvalue weighted by molar-refractivity contribution is 5.43. The van der Waals surface area contributed by atoms with Crippen LogP contribution in [0.4, 0.5) is 0 Å². The summed E-state index contributed by atoms with van der Waals surface area (Å²) in [5.74, 6) is 1.69. The summed E-state index contributed by atoms with van der Waals surface area (Å²) in [6, 6.07) is 7.83. The number of aromatic nitrogens is 1. The molecule has 0 amide bonds. The Hall–Kier alpha value is -2.07. The highest BCUT2D eigenvalue weighted by Crippen LogP contribution is 2.30. The van der Waals surface area contributed by atoms with Crippen molar-refractivity contribution in [2.45, 2.75) is 12.5 Å². The molecule has 4 heteroatoms. The highest BCUT2D eigenvalue weighted by atomic mass is 16.5. The molecule has 0 spiro atoms. The van der Waals surface area contributed by atoms with Gasteiger partial charge in [0.25, 0.3) is 0 Å². The molecule has 4 nitrogen and oxygen atoms in total. The first-order valence-electron chi connectivity index (χ1n) is 6.28. The topological polar surface area (TPSA) is 57.4 Å². The summed E-state index contributed by atoms with van der Waals surface area (Å²) >= 11 is 0. The van der Waals surface area contributed by atoms with E-state index in [4.69, 9.17) is 15.2 Å². The van der Waals surface area contributed by atoms with Gasteiger partial charge in [-0.05, 0) is 28.8 Å². The number of benzene rings is 1. The summed E-state index contributed by atoms with van der Waals surface area (Å²) in [4.78, 5) is 4.14. The fourth-order valence-corrected chi connectivity index (χ4v) is 2.31. The summed E-state index contributed by atoms with van der Waals surface area (Å²) in [7, 11) is 1.62. The standard InChI is InChI=1S/C15H16N2O2/c1-18-13-7-12(8-17-9-13)15(16)11-2-3-14-10(6-11)4-5-19-14/h2-3,6-9,15H,4-5,16H2,1H3. The summed E-state index contributed by atoms with van der Waals surface area (Å²) in [6.45, 7) is 0.759. The predicted molar refractivity (Wildman–Crippen MR) is 72.5 cm³/mol. The van der Waals surface area contributed by atoms with Crippen molar-refractivity contribution in [3.63, 3.8) is 0 Å². The van der Waals surface area contributed by atoms with Crippen LogP contribution in [0.15, 0.2) is 36.7 Å². The Balaban J connectivity index is 1.92. The van der Waals surface area contributed by atoms with Gasteiger partial charge in [0.1, 0.15) is 11.5 Å². The van der Waals surface area contributed by atoms with Crippen molar-refractivity contribution >= 4 is 0 Å². The van der Waals surface area contributed by atoms with E-state index in [9.17, 15) is 0 Å². The first-order chi connectivity index (χ1) is 9.28. The Morgan fingerprint density at radius 3 is 3.00 bits per heavy atom. The molecule has 0 bridgehead atoms. The molecular weight excluding hydrogens is 240 g/mol. The molecule has 3 rings (SSSR count). The molecule has 2 aromatic rings. The van der Waals surface area contributed by atoms with E-state index in [0.29, 0.717) is 0 Å². The molecule has 0 saturated carbocycles. The van der Waals surface area contributed by atoms with Gasteiger partial charge in [0.2, 0.25) is 0 Å². The third-order valence-corrected chi connectivity index (χ3v) is 3.40. The summed E-state index contributed by atoms with van der Waals surface area (Å²) in [5.41, 5.74) is 9.53. The van der Waals surface area contributed by atoms with Gasteiger partial charge < -0.3 is 15.2 Å². The maximum absolute atomic E-state index is 6.30. The molecule has 1 aromatic carbocycles. The van der Waals surface area contributed by atoms with E-state index in [1.54, 1.807) is 19.5 Å². The lowest BCUT2D eigenvalue weighted by Crippen LogP contribution is -2.12. The Labute approximate surface area is 112 Å². The van der Waals surface area contributed by atoms with E-state index in [0.717, 1.165) is 35.7 Å². The van der Waals surface area contributed by atoms with E-state index in [1.807, 2.05) is 18.2 Å². The van der Waals surface area contributed by atoms with Crippen LogP contribution in [0.1, 0.15) is 22.7 Å². The molecule has 1 aromatic heterocycles. The van der Waals surface area contributed by atoms with Crippen LogP contribution >= 0.6 is 0 Å². The number of pyridine rings is 1. The zero-order valence-electron chi connectivity index (χ0n) is 10.8. The summed E-state index contributed by atoms with van der Waals surface area (Å²) in [6.07, 6.45) is 4.40. The second kappa shape index (κ2) is 4.90. The van der Waals surface area contributed by atoms with Gasteiger partial charge in [-0.1, -0.05) is 12.1 Å². The first-order valence-corrected chi connectivity index (χ1v) is 6.28. The molecule has 0 radical (unpaired) electrons. The smallest absolute Gasteiger partial charge is 0.137 e. The minimum Gasteiger partial charge on any atom is -0.495 e. The number of hydrogen-bond acceptors (Lipinski definition) is 4. The lowest BCUT2D eigenvalue weighted by molar-refractivity contribution is 0.357. The van der Waals surface area contributed by atoms with Crippen molar-refractivity contribution in [1.82, 2.24) is 4.98 Å². The molecule has 1 aliphatic rings. The first kappa shape index (κ1) is 12.0. The fraction of sp³-hybridized carbons (Fsp3) is 0.267. The number of methoxy groups -OCH3 is 1. The number of hydrogen-bond donors (Lipinski definition) is 1. The highest BCUT2D eigenvalue weighted by Gasteiger charge is 2.16. The van der Waals surface area contributed by atoms with E-state index < -0.39 is 0 Å². The minimum absolute atomic E-state index is 0.200. The van der Waals surface area contributed by atoms with Crippen molar-refractivity contribution in [2.75, 3.05) is 13.7 Å². The Morgan fingerprint density at radius 1 is 1.26 bits per heavy atom. The molecule has 19 heavy (non-hydrogen) atoms. The molecular formula is C15H16N2O2. The van der Waals surface area contributed by atoms with Crippen LogP contribution in [0.3, 0.4) is 0 Å². The second-order valence-electron chi connectivity index (χ2n) is 4.60. The van der Waals surface area contributed by atoms with Crippen LogP contribution in [0.2, 0.25) is 0 Å². The van der Waals surface area contributed by atoms with Gasteiger partial charge >= 0.3 is 0 Å². The third kappa shape index (κ3) is 2.27. The van der Waals surface area contributed by atoms with Crippen LogP contribution in [0, 0.1) is 0 Å². The number of fused-ring (bicyclic) bond motifs is 1. The second-order valence-corrected chi connectivity index (χ2v) is 4.60. The maximum Gasteiger partial charge on any atom is 0.137 e. The van der Waals surface area contributed by atoms with Gasteiger partial charge in [0, 0.05) is 12.6 Å². The van der Waals surface area contributed by atoms with Gasteiger partial charge in [0.05, 0.1) is 26.0 Å². The van der Waals surface area contributed by atoms with E-state index in [2.05, 4.69) is 11.1 Å². The zero-order valence-corrected chi connectivity index (χ0v) is 10.8. The van der Waals surface area contributed by atoms with E-state index in [1.165, 1.54) is 5.56 Å². The van der Waals surface area contributed by atoms with Crippen LogP contribution in [0.5, 0.6) is 11.5 Å². The molecule has 1 unspecified atom stereocenters. The molecule has 0 fully saturated rings. The largest absolute Gasteiger partial charge is 0.495 e. The van der Waals surface area contributed by atoms with Crippen LogP contribution < -0.4 is 15.2 Å². The summed E-state index contributed by atoms with van der Waals surface area (Å²) in [5, 5.41) is 0. The van der Waals surface area contributed by atoms with Crippen molar-refractivity contribution in [3.8, 4) is 11.5 Å². The molecule has 2 N–H and O–H groups in total. The van der Waals surface area contributed by atoms with Crippen molar-refractivity contribution in [2.24, 2.45) is 5.73 Å². The minimum atomic E-state index is -0.200. The maximum atomic E-state index is 6.30. The Morgan fingerprint density at radius 2 is 2.16 bits per heavy atom. The van der Waals surface area contributed by atoms with Gasteiger partial charge in [-0.3, -0.25) is 4.98 Å². The van der Waals surface area contributed by atoms with Crippen LogP contribution in [-0.2, 0) is 6.42 Å². The summed E-state index contributed by atoms with van der Waals surface area (Å²) < 4.78 is 10.7. The lowest BCUT2D eigenvalue weighted by Gasteiger charge is -2.14. The van der Waals surface area contributed by atoms with Crippen molar-refractivity contribution < 1.29 is 9.47 Å². The van der Waals surface area contributed by atoms with Crippen LogP contribution in [-0.4, -0.2) is 18.7 Å². The Kier molecular flexibility index (Phi) is 3.09. The number of ether oxygens (including phenoxy) is 2. The number of rotatable bonds is 3.